The molecule has 1 aliphatic heterocycles. The van der Waals surface area contributed by atoms with E-state index in [9.17, 15) is 8.42 Å². The summed E-state index contributed by atoms with van der Waals surface area (Å²) >= 11 is 0. The SMILES string of the molecule is Cl.O=S(=O)(CCCN1CCCC1)C(c1ccccc1)c1ccccc1. The molecule has 1 heterocycles. The largest absolute Gasteiger partial charge is 0.303 e. The Morgan fingerprint density at radius 1 is 0.840 bits per heavy atom. The summed E-state index contributed by atoms with van der Waals surface area (Å²) in [6.07, 6.45) is 3.19. The minimum absolute atomic E-state index is 0. The van der Waals surface area contributed by atoms with Crippen molar-refractivity contribution in [1.29, 1.82) is 0 Å². The second-order valence-electron chi connectivity index (χ2n) is 6.47. The molecular weight excluding hydrogens is 354 g/mol. The fourth-order valence-corrected chi connectivity index (χ4v) is 5.39. The summed E-state index contributed by atoms with van der Waals surface area (Å²) < 4.78 is 26.2. The quantitative estimate of drug-likeness (QED) is 0.726. The van der Waals surface area contributed by atoms with Crippen LogP contribution in [-0.4, -0.2) is 38.7 Å². The van der Waals surface area contributed by atoms with E-state index in [0.717, 1.165) is 30.8 Å². The van der Waals surface area contributed by atoms with Gasteiger partial charge in [0.2, 0.25) is 0 Å². The standard InChI is InChI=1S/C20H25NO2S.ClH/c22-24(23,17-9-16-21-14-7-8-15-21)20(18-10-3-1-4-11-18)19-12-5-2-6-13-19;/h1-6,10-13,20H,7-9,14-17H2;1H. The van der Waals surface area contributed by atoms with E-state index in [1.54, 1.807) is 0 Å². The first kappa shape index (κ1) is 20.0. The lowest BCUT2D eigenvalue weighted by molar-refractivity contribution is 0.340. The van der Waals surface area contributed by atoms with Crippen LogP contribution in [0, 0.1) is 0 Å². The van der Waals surface area contributed by atoms with Crippen LogP contribution in [0.4, 0.5) is 0 Å². The minimum Gasteiger partial charge on any atom is -0.303 e. The summed E-state index contributed by atoms with van der Waals surface area (Å²) in [6, 6.07) is 19.1. The highest BCUT2D eigenvalue weighted by Gasteiger charge is 2.28. The number of hydrogen-bond donors (Lipinski definition) is 0. The Morgan fingerprint density at radius 2 is 1.32 bits per heavy atom. The van der Waals surface area contributed by atoms with E-state index < -0.39 is 15.1 Å². The van der Waals surface area contributed by atoms with Gasteiger partial charge in [-0.15, -0.1) is 12.4 Å². The molecule has 2 aromatic rings. The smallest absolute Gasteiger partial charge is 0.161 e. The van der Waals surface area contributed by atoms with E-state index in [4.69, 9.17) is 0 Å². The monoisotopic (exact) mass is 379 g/mol. The van der Waals surface area contributed by atoms with Gasteiger partial charge in [-0.05, 0) is 50.0 Å². The number of likely N-dealkylation sites (tertiary alicyclic amines) is 1. The Balaban J connectivity index is 0.00000225. The first-order chi connectivity index (χ1) is 11.7. The zero-order valence-corrected chi connectivity index (χ0v) is 16.0. The van der Waals surface area contributed by atoms with Gasteiger partial charge in [0.25, 0.3) is 0 Å². The maximum atomic E-state index is 13.1. The molecule has 0 spiro atoms. The maximum Gasteiger partial charge on any atom is 0.161 e. The third-order valence-corrected chi connectivity index (χ3v) is 6.79. The van der Waals surface area contributed by atoms with Gasteiger partial charge in [0.15, 0.2) is 9.84 Å². The van der Waals surface area contributed by atoms with E-state index in [0.29, 0.717) is 6.42 Å². The Labute approximate surface area is 157 Å². The van der Waals surface area contributed by atoms with Crippen LogP contribution in [0.25, 0.3) is 0 Å². The Kier molecular flexibility index (Phi) is 7.48. The van der Waals surface area contributed by atoms with Gasteiger partial charge in [-0.1, -0.05) is 60.7 Å². The number of nitrogens with zero attached hydrogens (tertiary/aromatic N) is 1. The lowest BCUT2D eigenvalue weighted by Gasteiger charge is -2.20. The third kappa shape index (κ3) is 5.30. The number of benzene rings is 2. The topological polar surface area (TPSA) is 37.4 Å². The number of halogens is 1. The number of rotatable bonds is 7. The second kappa shape index (κ2) is 9.37. The van der Waals surface area contributed by atoms with Crippen LogP contribution in [0.1, 0.15) is 35.6 Å². The fraction of sp³-hybridized carbons (Fsp3) is 0.400. The minimum atomic E-state index is -3.25. The predicted octanol–water partition coefficient (Wildman–Crippen LogP) is 4.10. The van der Waals surface area contributed by atoms with Crippen LogP contribution < -0.4 is 0 Å². The fourth-order valence-electron chi connectivity index (χ4n) is 3.48. The lowest BCUT2D eigenvalue weighted by atomic mass is 10.0. The van der Waals surface area contributed by atoms with Gasteiger partial charge in [0.1, 0.15) is 5.25 Å². The normalized spacial score (nSPS) is 15.2. The molecule has 1 saturated heterocycles. The molecule has 1 fully saturated rings. The van der Waals surface area contributed by atoms with E-state index in [-0.39, 0.29) is 18.2 Å². The van der Waals surface area contributed by atoms with E-state index in [1.807, 2.05) is 60.7 Å². The Hall–Kier alpha value is -1.36. The van der Waals surface area contributed by atoms with Crippen molar-refractivity contribution in [2.24, 2.45) is 0 Å². The summed E-state index contributed by atoms with van der Waals surface area (Å²) in [7, 11) is -3.25. The zero-order chi connectivity index (χ0) is 16.8. The van der Waals surface area contributed by atoms with Gasteiger partial charge >= 0.3 is 0 Å². The summed E-state index contributed by atoms with van der Waals surface area (Å²) in [5, 5.41) is -0.571. The van der Waals surface area contributed by atoms with Gasteiger partial charge in [-0.3, -0.25) is 0 Å². The highest BCUT2D eigenvalue weighted by molar-refractivity contribution is 7.91. The number of sulfone groups is 1. The molecular formula is C20H26ClNO2S. The molecule has 0 N–H and O–H groups in total. The van der Waals surface area contributed by atoms with E-state index in [1.165, 1.54) is 12.8 Å². The third-order valence-electron chi connectivity index (χ3n) is 4.67. The maximum absolute atomic E-state index is 13.1. The average molecular weight is 380 g/mol. The molecule has 3 nitrogen and oxygen atoms in total. The summed E-state index contributed by atoms with van der Waals surface area (Å²) in [6.45, 7) is 3.11. The Bertz CT molecular complexity index is 689. The van der Waals surface area contributed by atoms with Gasteiger partial charge in [0.05, 0.1) is 5.75 Å². The van der Waals surface area contributed by atoms with Crippen LogP contribution in [0.3, 0.4) is 0 Å². The predicted molar refractivity (Wildman–Crippen MR) is 106 cm³/mol. The molecule has 0 atom stereocenters. The molecule has 0 bridgehead atoms. The first-order valence-electron chi connectivity index (χ1n) is 8.71. The lowest BCUT2D eigenvalue weighted by Crippen LogP contribution is -2.24. The molecule has 3 rings (SSSR count). The van der Waals surface area contributed by atoms with Crippen molar-refractivity contribution < 1.29 is 8.42 Å². The van der Waals surface area contributed by atoms with Crippen LogP contribution in [-0.2, 0) is 9.84 Å². The average Bonchev–Trinajstić information content (AvgIpc) is 3.10. The van der Waals surface area contributed by atoms with Gasteiger partial charge in [-0.25, -0.2) is 8.42 Å². The number of hydrogen-bond acceptors (Lipinski definition) is 3. The van der Waals surface area contributed by atoms with E-state index in [2.05, 4.69) is 4.90 Å². The van der Waals surface area contributed by atoms with Crippen LogP contribution in [0.15, 0.2) is 60.7 Å². The first-order valence-corrected chi connectivity index (χ1v) is 10.4. The van der Waals surface area contributed by atoms with Crippen molar-refractivity contribution in [2.75, 3.05) is 25.4 Å². The van der Waals surface area contributed by atoms with Crippen LogP contribution >= 0.6 is 12.4 Å². The van der Waals surface area contributed by atoms with Crippen LogP contribution in [0.2, 0.25) is 0 Å². The van der Waals surface area contributed by atoms with Crippen molar-refractivity contribution in [3.63, 3.8) is 0 Å². The summed E-state index contributed by atoms with van der Waals surface area (Å²) in [5.74, 6) is 0.234. The molecule has 0 saturated carbocycles. The van der Waals surface area contributed by atoms with Gasteiger partial charge < -0.3 is 4.90 Å². The molecule has 0 aromatic heterocycles. The van der Waals surface area contributed by atoms with Crippen molar-refractivity contribution in [2.45, 2.75) is 24.5 Å². The van der Waals surface area contributed by atoms with Crippen molar-refractivity contribution in [3.05, 3.63) is 71.8 Å². The molecule has 2 aromatic carbocycles. The molecule has 136 valence electrons. The van der Waals surface area contributed by atoms with Crippen molar-refractivity contribution >= 4 is 22.2 Å². The molecule has 25 heavy (non-hydrogen) atoms. The van der Waals surface area contributed by atoms with Crippen LogP contribution in [0.5, 0.6) is 0 Å². The van der Waals surface area contributed by atoms with Crippen molar-refractivity contribution in [3.8, 4) is 0 Å². The molecule has 1 aliphatic rings. The highest BCUT2D eigenvalue weighted by atomic mass is 35.5. The molecule has 5 heteroatoms. The highest BCUT2D eigenvalue weighted by Crippen LogP contribution is 2.31. The Morgan fingerprint density at radius 3 is 1.80 bits per heavy atom. The molecule has 0 unspecified atom stereocenters. The summed E-state index contributed by atoms with van der Waals surface area (Å²) in [5.41, 5.74) is 1.70. The van der Waals surface area contributed by atoms with Gasteiger partial charge in [-0.2, -0.15) is 0 Å². The molecule has 0 amide bonds. The molecule has 0 aliphatic carbocycles. The second-order valence-corrected chi connectivity index (χ2v) is 8.68. The van der Waals surface area contributed by atoms with E-state index >= 15 is 0 Å². The summed E-state index contributed by atoms with van der Waals surface area (Å²) in [4.78, 5) is 2.37. The van der Waals surface area contributed by atoms with Gasteiger partial charge in [0, 0.05) is 0 Å². The van der Waals surface area contributed by atoms with Crippen molar-refractivity contribution in [1.82, 2.24) is 4.90 Å². The zero-order valence-electron chi connectivity index (χ0n) is 14.4. The molecule has 0 radical (unpaired) electrons.